The van der Waals surface area contributed by atoms with Crippen LogP contribution in [0.1, 0.15) is 28.4 Å². The number of benzene rings is 2. The van der Waals surface area contributed by atoms with Gasteiger partial charge in [0.1, 0.15) is 5.82 Å². The van der Waals surface area contributed by atoms with Crippen LogP contribution in [-0.4, -0.2) is 16.7 Å². The Balaban J connectivity index is 2.24. The molecule has 2 N–H and O–H groups in total. The Morgan fingerprint density at radius 3 is 2.55 bits per heavy atom. The molecule has 22 heavy (non-hydrogen) atoms. The standard InChI is InChI=1S/C16H14F2N2O2/c1-9-5-3-4-6-12(9)16(22)20-19-10(2)13-7-11(17)8-14(18)15(13)21/h3-8,21H,1-2H3,(H,20,22)/b19-10+. The second-order valence-corrected chi connectivity index (χ2v) is 4.74. The molecule has 0 aliphatic heterocycles. The second-order valence-electron chi connectivity index (χ2n) is 4.74. The summed E-state index contributed by atoms with van der Waals surface area (Å²) in [5, 5.41) is 13.4. The molecule has 0 spiro atoms. The van der Waals surface area contributed by atoms with Gasteiger partial charge in [0.2, 0.25) is 0 Å². The summed E-state index contributed by atoms with van der Waals surface area (Å²) in [5.41, 5.74) is 3.47. The van der Waals surface area contributed by atoms with Crippen LogP contribution in [-0.2, 0) is 0 Å². The van der Waals surface area contributed by atoms with Gasteiger partial charge in [0.05, 0.1) is 5.71 Å². The third-order valence-corrected chi connectivity index (χ3v) is 3.13. The first-order chi connectivity index (χ1) is 10.4. The van der Waals surface area contributed by atoms with Crippen molar-refractivity contribution in [3.8, 4) is 5.75 Å². The Morgan fingerprint density at radius 1 is 1.18 bits per heavy atom. The SMILES string of the molecule is C/C(=N\NC(=O)c1ccccc1C)c1cc(F)cc(F)c1O. The summed E-state index contributed by atoms with van der Waals surface area (Å²) in [4.78, 5) is 12.0. The highest BCUT2D eigenvalue weighted by atomic mass is 19.1. The minimum absolute atomic E-state index is 0.0813. The van der Waals surface area contributed by atoms with E-state index in [2.05, 4.69) is 10.5 Å². The summed E-state index contributed by atoms with van der Waals surface area (Å²) < 4.78 is 26.5. The molecule has 4 nitrogen and oxygen atoms in total. The molecule has 0 aliphatic rings. The van der Waals surface area contributed by atoms with Gasteiger partial charge >= 0.3 is 0 Å². The smallest absolute Gasteiger partial charge is 0.271 e. The first-order valence-electron chi connectivity index (χ1n) is 6.48. The van der Waals surface area contributed by atoms with Crippen molar-refractivity contribution in [2.75, 3.05) is 0 Å². The highest BCUT2D eigenvalue weighted by molar-refractivity contribution is 6.02. The van der Waals surface area contributed by atoms with E-state index in [1.54, 1.807) is 31.2 Å². The van der Waals surface area contributed by atoms with Crippen LogP contribution in [0.4, 0.5) is 8.78 Å². The van der Waals surface area contributed by atoms with E-state index in [-0.39, 0.29) is 11.3 Å². The second kappa shape index (κ2) is 6.34. The zero-order chi connectivity index (χ0) is 16.3. The molecule has 0 saturated heterocycles. The van der Waals surface area contributed by atoms with Gasteiger partial charge in [-0.2, -0.15) is 5.10 Å². The summed E-state index contributed by atoms with van der Waals surface area (Å²) in [6.45, 7) is 3.20. The number of hydrogen-bond donors (Lipinski definition) is 2. The molecule has 0 atom stereocenters. The third kappa shape index (κ3) is 3.28. The van der Waals surface area contributed by atoms with Crippen LogP contribution in [0.2, 0.25) is 0 Å². The van der Waals surface area contributed by atoms with Crippen molar-refractivity contribution in [2.45, 2.75) is 13.8 Å². The summed E-state index contributed by atoms with van der Waals surface area (Å²) >= 11 is 0. The van der Waals surface area contributed by atoms with Gasteiger partial charge in [0.25, 0.3) is 5.91 Å². The molecule has 0 aromatic heterocycles. The van der Waals surface area contributed by atoms with Crippen molar-refractivity contribution >= 4 is 11.6 Å². The number of carbonyl (C=O) groups is 1. The third-order valence-electron chi connectivity index (χ3n) is 3.13. The maximum Gasteiger partial charge on any atom is 0.271 e. The average Bonchev–Trinajstić information content (AvgIpc) is 2.48. The zero-order valence-corrected chi connectivity index (χ0v) is 12.0. The summed E-state index contributed by atoms with van der Waals surface area (Å²) in [5.74, 6) is -3.10. The number of rotatable bonds is 3. The van der Waals surface area contributed by atoms with Crippen molar-refractivity contribution in [3.63, 3.8) is 0 Å². The predicted molar refractivity (Wildman–Crippen MR) is 78.9 cm³/mol. The molecule has 2 rings (SSSR count). The predicted octanol–water partition coefficient (Wildman–Crippen LogP) is 3.13. The lowest BCUT2D eigenvalue weighted by Crippen LogP contribution is -2.20. The maximum absolute atomic E-state index is 13.3. The lowest BCUT2D eigenvalue weighted by molar-refractivity contribution is 0.0954. The lowest BCUT2D eigenvalue weighted by Gasteiger charge is -2.07. The number of carbonyl (C=O) groups excluding carboxylic acids is 1. The van der Waals surface area contributed by atoms with Gasteiger partial charge in [-0.15, -0.1) is 0 Å². The fraction of sp³-hybridized carbons (Fsp3) is 0.125. The molecule has 0 aliphatic carbocycles. The Hall–Kier alpha value is -2.76. The van der Waals surface area contributed by atoms with E-state index in [4.69, 9.17) is 0 Å². The van der Waals surface area contributed by atoms with E-state index >= 15 is 0 Å². The van der Waals surface area contributed by atoms with Crippen LogP contribution >= 0.6 is 0 Å². The molecule has 0 radical (unpaired) electrons. The number of hydrazone groups is 1. The van der Waals surface area contributed by atoms with E-state index in [9.17, 15) is 18.7 Å². The van der Waals surface area contributed by atoms with Crippen molar-refractivity contribution in [1.82, 2.24) is 5.43 Å². The summed E-state index contributed by atoms with van der Waals surface area (Å²) in [6, 6.07) is 8.43. The van der Waals surface area contributed by atoms with Gasteiger partial charge in [-0.25, -0.2) is 14.2 Å². The first-order valence-corrected chi connectivity index (χ1v) is 6.48. The molecule has 1 amide bonds. The number of aryl methyl sites for hydroxylation is 1. The van der Waals surface area contributed by atoms with E-state index in [1.807, 2.05) is 0 Å². The molecule has 0 heterocycles. The zero-order valence-electron chi connectivity index (χ0n) is 12.0. The van der Waals surface area contributed by atoms with E-state index < -0.39 is 23.3 Å². The monoisotopic (exact) mass is 304 g/mol. The topological polar surface area (TPSA) is 61.7 Å². The van der Waals surface area contributed by atoms with Gasteiger partial charge in [0, 0.05) is 17.2 Å². The number of hydrogen-bond acceptors (Lipinski definition) is 3. The van der Waals surface area contributed by atoms with Gasteiger partial charge in [-0.3, -0.25) is 4.79 Å². The molecule has 0 bridgehead atoms. The molecule has 0 saturated carbocycles. The van der Waals surface area contributed by atoms with E-state index in [1.165, 1.54) is 6.92 Å². The lowest BCUT2D eigenvalue weighted by atomic mass is 10.1. The van der Waals surface area contributed by atoms with E-state index in [0.717, 1.165) is 11.6 Å². The molecule has 0 fully saturated rings. The molecule has 6 heteroatoms. The van der Waals surface area contributed by atoms with Crippen LogP contribution in [0.5, 0.6) is 5.75 Å². The number of phenolic OH excluding ortho intramolecular Hbond substituents is 1. The van der Waals surface area contributed by atoms with Crippen LogP contribution in [0.25, 0.3) is 0 Å². The summed E-state index contributed by atoms with van der Waals surface area (Å²) in [7, 11) is 0. The van der Waals surface area contributed by atoms with Crippen molar-refractivity contribution in [2.24, 2.45) is 5.10 Å². The average molecular weight is 304 g/mol. The fourth-order valence-electron chi connectivity index (χ4n) is 1.92. The van der Waals surface area contributed by atoms with Crippen molar-refractivity contribution < 1.29 is 18.7 Å². The number of aromatic hydroxyl groups is 1. The number of halogens is 2. The first kappa shape index (κ1) is 15.6. The number of amides is 1. The largest absolute Gasteiger partial charge is 0.504 e. The molecular weight excluding hydrogens is 290 g/mol. The van der Waals surface area contributed by atoms with Gasteiger partial charge in [0.15, 0.2) is 11.6 Å². The molecular formula is C16H14F2N2O2. The highest BCUT2D eigenvalue weighted by Gasteiger charge is 2.13. The van der Waals surface area contributed by atoms with Crippen LogP contribution in [0, 0.1) is 18.6 Å². The highest BCUT2D eigenvalue weighted by Crippen LogP contribution is 2.23. The Kier molecular flexibility index (Phi) is 4.50. The molecule has 2 aromatic rings. The maximum atomic E-state index is 13.3. The van der Waals surface area contributed by atoms with Gasteiger partial charge < -0.3 is 5.11 Å². The van der Waals surface area contributed by atoms with Crippen LogP contribution in [0.15, 0.2) is 41.5 Å². The minimum Gasteiger partial charge on any atom is -0.504 e. The normalized spacial score (nSPS) is 11.4. The molecule has 0 unspecified atom stereocenters. The number of phenols is 1. The quantitative estimate of drug-likeness (QED) is 0.676. The van der Waals surface area contributed by atoms with Crippen molar-refractivity contribution in [1.29, 1.82) is 0 Å². The minimum atomic E-state index is -1.09. The Bertz CT molecular complexity index is 758. The Labute approximate surface area is 126 Å². The molecule has 114 valence electrons. The van der Waals surface area contributed by atoms with Crippen molar-refractivity contribution in [3.05, 3.63) is 64.7 Å². The fourth-order valence-corrected chi connectivity index (χ4v) is 1.92. The number of nitrogens with one attached hydrogen (secondary N) is 1. The van der Waals surface area contributed by atoms with Crippen LogP contribution in [0.3, 0.4) is 0 Å². The van der Waals surface area contributed by atoms with Gasteiger partial charge in [-0.05, 0) is 31.5 Å². The van der Waals surface area contributed by atoms with E-state index in [0.29, 0.717) is 11.6 Å². The molecule has 2 aromatic carbocycles. The summed E-state index contributed by atoms with van der Waals surface area (Å²) in [6.07, 6.45) is 0. The number of nitrogens with zero attached hydrogens (tertiary/aromatic N) is 1. The Morgan fingerprint density at radius 2 is 1.86 bits per heavy atom. The van der Waals surface area contributed by atoms with Crippen LogP contribution < -0.4 is 5.43 Å². The van der Waals surface area contributed by atoms with Gasteiger partial charge in [-0.1, -0.05) is 18.2 Å².